The Bertz CT molecular complexity index is 1700. The molecule has 3 aliphatic heterocycles. The molecule has 2 N–H and O–H groups in total. The Hall–Kier alpha value is -3.61. The zero-order valence-corrected chi connectivity index (χ0v) is 35.7. The number of carbonyl (C=O) groups excluding carboxylic acids is 3. The molecular weight excluding hydrogens is 753 g/mol. The van der Waals surface area contributed by atoms with Crippen molar-refractivity contribution in [3.63, 3.8) is 0 Å². The van der Waals surface area contributed by atoms with Crippen LogP contribution < -0.4 is 5.32 Å². The maximum absolute atomic E-state index is 16.7. The number of unbranched alkanes of at least 4 members (excludes halogenated alkanes) is 1. The van der Waals surface area contributed by atoms with Gasteiger partial charge < -0.3 is 39.0 Å². The number of likely N-dealkylation sites (N-methyl/N-ethyl adjacent to an activating group) is 1. The van der Waals surface area contributed by atoms with E-state index in [1.807, 2.05) is 64.2 Å². The van der Waals surface area contributed by atoms with E-state index in [0.717, 1.165) is 12.6 Å². The van der Waals surface area contributed by atoms with E-state index >= 15 is 4.39 Å². The van der Waals surface area contributed by atoms with Crippen molar-refractivity contribution < 1.29 is 47.6 Å². The SMILES string of the molecule is CC[C@H]1OC(=O)C(C)(F)C(=O)C[C@@H](O[C@@H]2O[C@H](C)CC(N(C)C)C2O)[C@](C)(OC)C[C@@H](C)CN[C@H](C)[C@H]2N(CCCCn3cc(-c4ccccn4)nn3)C(=O)O[C@]12C. The van der Waals surface area contributed by atoms with E-state index in [4.69, 9.17) is 23.7 Å². The molecule has 17 heteroatoms. The van der Waals surface area contributed by atoms with E-state index in [-0.39, 0.29) is 30.5 Å². The predicted octanol–water partition coefficient (Wildman–Crippen LogP) is 3.94. The van der Waals surface area contributed by atoms with Crippen molar-refractivity contribution in [2.24, 2.45) is 5.92 Å². The van der Waals surface area contributed by atoms with E-state index in [0.29, 0.717) is 51.0 Å². The lowest BCUT2D eigenvalue weighted by molar-refractivity contribution is -0.289. The number of hydrogen-bond donors (Lipinski definition) is 2. The molecule has 0 bridgehead atoms. The lowest BCUT2D eigenvalue weighted by Crippen LogP contribution is -2.61. The van der Waals surface area contributed by atoms with Crippen LogP contribution in [0.1, 0.15) is 87.0 Å². The highest BCUT2D eigenvalue weighted by Gasteiger charge is 2.59. The second-order valence-electron chi connectivity index (χ2n) is 17.1. The van der Waals surface area contributed by atoms with Crippen molar-refractivity contribution in [1.82, 2.24) is 35.1 Å². The summed E-state index contributed by atoms with van der Waals surface area (Å²) in [4.78, 5) is 49.4. The number of nitrogens with zero attached hydrogens (tertiary/aromatic N) is 6. The normalized spacial score (nSPS) is 36.9. The number of hydrogen-bond acceptors (Lipinski definition) is 14. The summed E-state index contributed by atoms with van der Waals surface area (Å²) in [7, 11) is 5.19. The highest BCUT2D eigenvalue weighted by Crippen LogP contribution is 2.40. The van der Waals surface area contributed by atoms with Crippen LogP contribution in [-0.2, 0) is 39.8 Å². The number of cyclic esters (lactones) is 1. The Labute approximate surface area is 341 Å². The van der Waals surface area contributed by atoms with Gasteiger partial charge in [0.25, 0.3) is 5.67 Å². The maximum Gasteiger partial charge on any atom is 0.410 e. The molecule has 3 saturated heterocycles. The number of ether oxygens (including phenoxy) is 5. The number of carbonyl (C=O) groups is 3. The van der Waals surface area contributed by atoms with Crippen LogP contribution in [0, 0.1) is 5.92 Å². The number of esters is 1. The van der Waals surface area contributed by atoms with Crippen molar-refractivity contribution >= 4 is 17.8 Å². The minimum atomic E-state index is -3.10. The van der Waals surface area contributed by atoms with Crippen LogP contribution in [-0.4, -0.2) is 153 Å². The van der Waals surface area contributed by atoms with Crippen molar-refractivity contribution in [1.29, 1.82) is 0 Å². The van der Waals surface area contributed by atoms with Crippen LogP contribution in [0.3, 0.4) is 0 Å². The first-order chi connectivity index (χ1) is 27.3. The van der Waals surface area contributed by atoms with Crippen LogP contribution >= 0.6 is 0 Å². The summed E-state index contributed by atoms with van der Waals surface area (Å²) < 4.78 is 49.0. The summed E-state index contributed by atoms with van der Waals surface area (Å²) in [5.74, 6) is -2.57. The Morgan fingerprint density at radius 1 is 1.09 bits per heavy atom. The minimum Gasteiger partial charge on any atom is -0.455 e. The van der Waals surface area contributed by atoms with Crippen LogP contribution in [0.15, 0.2) is 30.6 Å². The van der Waals surface area contributed by atoms with E-state index in [1.54, 1.807) is 36.5 Å². The maximum atomic E-state index is 16.7. The van der Waals surface area contributed by atoms with Gasteiger partial charge in [0.2, 0.25) is 0 Å². The Morgan fingerprint density at radius 2 is 1.81 bits per heavy atom. The van der Waals surface area contributed by atoms with E-state index in [9.17, 15) is 19.5 Å². The molecule has 16 nitrogen and oxygen atoms in total. The third-order valence-electron chi connectivity index (χ3n) is 12.2. The molecule has 2 aromatic rings. The van der Waals surface area contributed by atoms with Crippen LogP contribution in [0.25, 0.3) is 11.4 Å². The Kier molecular flexibility index (Phi) is 14.7. The molecule has 3 aliphatic rings. The number of aliphatic hydroxyl groups excluding tert-OH is 1. The number of rotatable bonds is 11. The highest BCUT2D eigenvalue weighted by molar-refractivity contribution is 6.07. The van der Waals surface area contributed by atoms with Gasteiger partial charge in [0.15, 0.2) is 17.7 Å². The largest absolute Gasteiger partial charge is 0.455 e. The number of amides is 1. The first-order valence-corrected chi connectivity index (χ1v) is 20.5. The van der Waals surface area contributed by atoms with Gasteiger partial charge in [-0.3, -0.25) is 19.4 Å². The molecule has 58 heavy (non-hydrogen) atoms. The molecule has 0 aliphatic carbocycles. The molecule has 0 radical (unpaired) electrons. The number of aryl methyl sites for hydroxylation is 1. The van der Waals surface area contributed by atoms with E-state index in [2.05, 4.69) is 20.6 Å². The summed E-state index contributed by atoms with van der Waals surface area (Å²) in [6.45, 7) is 13.3. The minimum absolute atomic E-state index is 0.0997. The summed E-state index contributed by atoms with van der Waals surface area (Å²) in [6.07, 6.45) is -0.0233. The van der Waals surface area contributed by atoms with Gasteiger partial charge >= 0.3 is 12.1 Å². The number of alkyl halides is 1. The molecule has 2 aromatic heterocycles. The number of aromatic nitrogens is 4. The number of methoxy groups -OCH3 is 1. The number of pyridine rings is 1. The molecule has 0 saturated carbocycles. The molecule has 1 amide bonds. The summed E-state index contributed by atoms with van der Waals surface area (Å²) in [5.41, 5.74) is -4.32. The molecule has 0 spiro atoms. The second-order valence-corrected chi connectivity index (χ2v) is 17.1. The molecule has 5 rings (SSSR count). The first-order valence-electron chi connectivity index (χ1n) is 20.5. The van der Waals surface area contributed by atoms with Gasteiger partial charge in [-0.15, -0.1) is 5.10 Å². The fourth-order valence-corrected chi connectivity index (χ4v) is 8.73. The topological polar surface area (TPSA) is 180 Å². The number of fused-ring (bicyclic) bond motifs is 1. The zero-order valence-electron chi connectivity index (χ0n) is 35.7. The monoisotopic (exact) mass is 817 g/mol. The van der Waals surface area contributed by atoms with Crippen LogP contribution in [0.2, 0.25) is 0 Å². The summed E-state index contributed by atoms with van der Waals surface area (Å²) >= 11 is 0. The molecule has 324 valence electrons. The molecule has 3 unspecified atom stereocenters. The third kappa shape index (κ3) is 9.87. The van der Waals surface area contributed by atoms with Gasteiger partial charge in [-0.05, 0) is 105 Å². The summed E-state index contributed by atoms with van der Waals surface area (Å²) in [5, 5.41) is 23.4. The van der Waals surface area contributed by atoms with Gasteiger partial charge in [0.05, 0.1) is 35.7 Å². The van der Waals surface area contributed by atoms with E-state index < -0.39 is 71.8 Å². The molecule has 0 aromatic carbocycles. The van der Waals surface area contributed by atoms with Gasteiger partial charge in [-0.2, -0.15) is 0 Å². The number of aliphatic hydroxyl groups is 1. The van der Waals surface area contributed by atoms with Crippen molar-refractivity contribution in [2.75, 3.05) is 34.3 Å². The predicted molar refractivity (Wildman–Crippen MR) is 211 cm³/mol. The van der Waals surface area contributed by atoms with Gasteiger partial charge in [-0.25, -0.2) is 14.0 Å². The quantitative estimate of drug-likeness (QED) is 0.189. The van der Waals surface area contributed by atoms with E-state index in [1.165, 1.54) is 7.11 Å². The van der Waals surface area contributed by atoms with Crippen LogP contribution in [0.5, 0.6) is 0 Å². The third-order valence-corrected chi connectivity index (χ3v) is 12.2. The highest BCUT2D eigenvalue weighted by atomic mass is 19.1. The molecule has 3 fully saturated rings. The number of ketones is 1. The lowest BCUT2D eigenvalue weighted by Gasteiger charge is -2.45. The van der Waals surface area contributed by atoms with Crippen LogP contribution in [0.4, 0.5) is 9.18 Å². The average molecular weight is 818 g/mol. The second kappa shape index (κ2) is 18.8. The first kappa shape index (κ1) is 45.5. The molecule has 5 heterocycles. The smallest absolute Gasteiger partial charge is 0.410 e. The fraction of sp³-hybridized carbons (Fsp3) is 0.756. The Balaban J connectivity index is 1.38. The van der Waals surface area contributed by atoms with Crippen molar-refractivity contribution in [2.45, 2.75) is 159 Å². The van der Waals surface area contributed by atoms with Crippen molar-refractivity contribution in [3.05, 3.63) is 30.6 Å². The number of halogens is 1. The average Bonchev–Trinajstić information content (AvgIpc) is 3.76. The summed E-state index contributed by atoms with van der Waals surface area (Å²) in [6, 6.07) is 4.26. The number of nitrogens with one attached hydrogen (secondary N) is 1. The zero-order chi connectivity index (χ0) is 42.6. The van der Waals surface area contributed by atoms with Gasteiger partial charge in [0, 0.05) is 44.9 Å². The Morgan fingerprint density at radius 3 is 2.47 bits per heavy atom. The lowest BCUT2D eigenvalue weighted by atomic mass is 9.83. The fourth-order valence-electron chi connectivity index (χ4n) is 8.73. The van der Waals surface area contributed by atoms with Gasteiger partial charge in [-0.1, -0.05) is 25.1 Å². The molecule has 12 atom stereocenters. The van der Waals surface area contributed by atoms with Crippen molar-refractivity contribution in [3.8, 4) is 11.4 Å². The molecular formula is C41H64FN7O9. The standard InChI is InChI=1S/C41H64FN7O9/c1-11-32-41(7)35(49(38(53)58-41)19-15-14-18-48-24-29(45-46-48)28-16-12-13-17-43-28)27(4)44-23-25(2)22-39(5,54-10)33(21-31(50)40(6,42)37(52)57-32)56-36-34(51)30(47(8)9)20-26(3)55-36/h12-13,16-17,24-27,30,32-36,44,51H,11,14-15,18-23H2,1-10H3/t25-,26-,27-,30?,32-,33-,34?,35-,36+,39-,40?,41-/m1/s1. The van der Waals surface area contributed by atoms with Gasteiger partial charge in [0.1, 0.15) is 17.9 Å². The number of Topliss-reactive ketones (excluding diaryl/α,β-unsaturated/α-hetero) is 1.